The minimum atomic E-state index is -0.360. The molecule has 0 atom stereocenters. The molecule has 0 fully saturated rings. The SMILES string of the molecule is CC(C)(CC(N)=O)Nc1snc2ccccc12. The highest BCUT2D eigenvalue weighted by atomic mass is 32.1. The molecule has 2 rings (SSSR count). The van der Waals surface area contributed by atoms with Gasteiger partial charge in [-0.25, -0.2) is 0 Å². The van der Waals surface area contributed by atoms with Crippen LogP contribution in [-0.4, -0.2) is 15.8 Å². The lowest BCUT2D eigenvalue weighted by atomic mass is 10.0. The predicted octanol–water partition coefficient (Wildman–Crippen LogP) is 2.36. The van der Waals surface area contributed by atoms with Gasteiger partial charge in [0.2, 0.25) is 5.91 Å². The summed E-state index contributed by atoms with van der Waals surface area (Å²) in [5.74, 6) is -0.309. The summed E-state index contributed by atoms with van der Waals surface area (Å²) >= 11 is 1.40. The molecule has 0 unspecified atom stereocenters. The number of primary amides is 1. The van der Waals surface area contributed by atoms with Crippen molar-refractivity contribution < 1.29 is 4.79 Å². The number of nitrogens with one attached hydrogen (secondary N) is 1. The van der Waals surface area contributed by atoms with Crippen LogP contribution in [0.1, 0.15) is 20.3 Å². The second-order valence-corrected chi connectivity index (χ2v) is 5.45. The maximum absolute atomic E-state index is 11.0. The Balaban J connectivity index is 2.26. The van der Waals surface area contributed by atoms with Crippen molar-refractivity contribution in [3.05, 3.63) is 24.3 Å². The molecule has 4 nitrogen and oxygen atoms in total. The first-order chi connectivity index (χ1) is 7.98. The summed E-state index contributed by atoms with van der Waals surface area (Å²) in [5, 5.41) is 5.39. The first-order valence-corrected chi connectivity index (χ1v) is 6.16. The molecular weight excluding hydrogens is 234 g/mol. The van der Waals surface area contributed by atoms with Crippen molar-refractivity contribution >= 4 is 33.3 Å². The number of benzene rings is 1. The van der Waals surface area contributed by atoms with Gasteiger partial charge < -0.3 is 11.1 Å². The van der Waals surface area contributed by atoms with Crippen molar-refractivity contribution in [2.24, 2.45) is 5.73 Å². The van der Waals surface area contributed by atoms with E-state index in [0.717, 1.165) is 15.9 Å². The van der Waals surface area contributed by atoms with E-state index in [9.17, 15) is 4.79 Å². The van der Waals surface area contributed by atoms with Crippen LogP contribution in [0.2, 0.25) is 0 Å². The summed E-state index contributed by atoms with van der Waals surface area (Å²) in [5.41, 5.74) is 5.84. The quantitative estimate of drug-likeness (QED) is 0.874. The topological polar surface area (TPSA) is 68.0 Å². The van der Waals surface area contributed by atoms with Crippen molar-refractivity contribution in [3.63, 3.8) is 0 Å². The van der Waals surface area contributed by atoms with E-state index in [1.165, 1.54) is 11.5 Å². The Morgan fingerprint density at radius 2 is 2.18 bits per heavy atom. The Bertz CT molecular complexity index is 547. The Kier molecular flexibility index (Phi) is 3.02. The molecule has 2 aromatic rings. The van der Waals surface area contributed by atoms with Gasteiger partial charge in [-0.3, -0.25) is 4.79 Å². The van der Waals surface area contributed by atoms with Crippen molar-refractivity contribution in [3.8, 4) is 0 Å². The van der Waals surface area contributed by atoms with Gasteiger partial charge in [0.25, 0.3) is 0 Å². The largest absolute Gasteiger partial charge is 0.370 e. The number of nitrogens with two attached hydrogens (primary N) is 1. The van der Waals surface area contributed by atoms with Gasteiger partial charge in [0.05, 0.1) is 5.52 Å². The van der Waals surface area contributed by atoms with Crippen LogP contribution in [0.15, 0.2) is 24.3 Å². The number of carbonyl (C=O) groups excluding carboxylic acids is 1. The van der Waals surface area contributed by atoms with Gasteiger partial charge in [0.15, 0.2) is 0 Å². The maximum Gasteiger partial charge on any atom is 0.219 e. The number of rotatable bonds is 4. The molecule has 0 aliphatic rings. The van der Waals surface area contributed by atoms with Gasteiger partial charge >= 0.3 is 0 Å². The number of carbonyl (C=O) groups is 1. The van der Waals surface area contributed by atoms with Crippen LogP contribution >= 0.6 is 11.5 Å². The summed E-state index contributed by atoms with van der Waals surface area (Å²) in [6.45, 7) is 3.90. The van der Waals surface area contributed by atoms with E-state index in [4.69, 9.17) is 5.73 Å². The van der Waals surface area contributed by atoms with Crippen LogP contribution in [0.5, 0.6) is 0 Å². The van der Waals surface area contributed by atoms with E-state index < -0.39 is 0 Å². The zero-order valence-corrected chi connectivity index (χ0v) is 10.7. The molecule has 5 heteroatoms. The maximum atomic E-state index is 11.0. The van der Waals surface area contributed by atoms with Crippen LogP contribution in [0, 0.1) is 0 Å². The number of aromatic nitrogens is 1. The van der Waals surface area contributed by atoms with Crippen molar-refractivity contribution in [2.75, 3.05) is 5.32 Å². The van der Waals surface area contributed by atoms with Gasteiger partial charge in [0.1, 0.15) is 5.00 Å². The molecule has 0 saturated carbocycles. The minimum absolute atomic E-state index is 0.291. The van der Waals surface area contributed by atoms with Gasteiger partial charge in [-0.1, -0.05) is 12.1 Å². The molecule has 0 spiro atoms. The smallest absolute Gasteiger partial charge is 0.219 e. The minimum Gasteiger partial charge on any atom is -0.370 e. The molecule has 0 bridgehead atoms. The van der Waals surface area contributed by atoms with E-state index >= 15 is 0 Å². The number of hydrogen-bond donors (Lipinski definition) is 2. The third-order valence-electron chi connectivity index (χ3n) is 2.45. The van der Waals surface area contributed by atoms with Crippen LogP contribution in [0.25, 0.3) is 10.9 Å². The highest BCUT2D eigenvalue weighted by Crippen LogP contribution is 2.30. The summed E-state index contributed by atoms with van der Waals surface area (Å²) in [6.07, 6.45) is 0.291. The molecule has 3 N–H and O–H groups in total. The highest BCUT2D eigenvalue weighted by Gasteiger charge is 2.22. The van der Waals surface area contributed by atoms with Crippen LogP contribution < -0.4 is 11.1 Å². The molecule has 0 radical (unpaired) electrons. The van der Waals surface area contributed by atoms with E-state index in [-0.39, 0.29) is 11.4 Å². The van der Waals surface area contributed by atoms with Gasteiger partial charge in [-0.05, 0) is 37.5 Å². The standard InChI is InChI=1S/C12H15N3OS/c1-12(2,7-10(13)16)14-11-8-5-3-4-6-9(8)15-17-11/h3-6,14H,7H2,1-2H3,(H2,13,16). The van der Waals surface area contributed by atoms with Gasteiger partial charge in [0, 0.05) is 17.3 Å². The fourth-order valence-corrected chi connectivity index (χ4v) is 2.71. The average molecular weight is 249 g/mol. The third kappa shape index (κ3) is 2.74. The highest BCUT2D eigenvalue weighted by molar-refractivity contribution is 7.11. The Morgan fingerprint density at radius 1 is 1.47 bits per heavy atom. The molecule has 0 aliphatic heterocycles. The number of hydrogen-bond acceptors (Lipinski definition) is 4. The summed E-state index contributed by atoms with van der Waals surface area (Å²) in [4.78, 5) is 11.0. The fraction of sp³-hybridized carbons (Fsp3) is 0.333. The molecule has 1 heterocycles. The number of nitrogens with zero attached hydrogens (tertiary/aromatic N) is 1. The van der Waals surface area contributed by atoms with Crippen LogP contribution in [-0.2, 0) is 4.79 Å². The molecule has 1 amide bonds. The predicted molar refractivity (Wildman–Crippen MR) is 71.1 cm³/mol. The first kappa shape index (κ1) is 11.9. The van der Waals surface area contributed by atoms with Crippen molar-refractivity contribution in [1.82, 2.24) is 4.37 Å². The molecule has 90 valence electrons. The zero-order chi connectivity index (χ0) is 12.5. The number of anilines is 1. The fourth-order valence-electron chi connectivity index (χ4n) is 1.77. The van der Waals surface area contributed by atoms with E-state index in [1.54, 1.807) is 0 Å². The average Bonchev–Trinajstić information content (AvgIpc) is 2.59. The number of amides is 1. The molecule has 17 heavy (non-hydrogen) atoms. The molecule has 0 aliphatic carbocycles. The lowest BCUT2D eigenvalue weighted by Crippen LogP contribution is -2.35. The molecule has 0 saturated heterocycles. The van der Waals surface area contributed by atoms with Crippen LogP contribution in [0.4, 0.5) is 5.00 Å². The second-order valence-electron chi connectivity index (χ2n) is 4.68. The molecule has 1 aromatic heterocycles. The number of fused-ring (bicyclic) bond motifs is 1. The molecular formula is C12H15N3OS. The summed E-state index contributed by atoms with van der Waals surface area (Å²) < 4.78 is 4.34. The first-order valence-electron chi connectivity index (χ1n) is 5.39. The van der Waals surface area contributed by atoms with E-state index in [0.29, 0.717) is 6.42 Å². The lowest BCUT2D eigenvalue weighted by Gasteiger charge is -2.24. The zero-order valence-electron chi connectivity index (χ0n) is 9.86. The summed E-state index contributed by atoms with van der Waals surface area (Å²) in [6, 6.07) is 7.92. The normalized spacial score (nSPS) is 11.6. The van der Waals surface area contributed by atoms with Crippen molar-refractivity contribution in [2.45, 2.75) is 25.8 Å². The van der Waals surface area contributed by atoms with E-state index in [2.05, 4.69) is 9.69 Å². The Labute approximate surface area is 104 Å². The third-order valence-corrected chi connectivity index (χ3v) is 3.24. The second kappa shape index (κ2) is 4.33. The van der Waals surface area contributed by atoms with Crippen LogP contribution in [0.3, 0.4) is 0 Å². The van der Waals surface area contributed by atoms with Gasteiger partial charge in [-0.15, -0.1) is 0 Å². The monoisotopic (exact) mass is 249 g/mol. The summed E-state index contributed by atoms with van der Waals surface area (Å²) in [7, 11) is 0. The van der Waals surface area contributed by atoms with Crippen molar-refractivity contribution in [1.29, 1.82) is 0 Å². The molecule has 1 aromatic carbocycles. The van der Waals surface area contributed by atoms with Gasteiger partial charge in [-0.2, -0.15) is 4.37 Å². The lowest BCUT2D eigenvalue weighted by molar-refractivity contribution is -0.118. The Morgan fingerprint density at radius 3 is 2.88 bits per heavy atom. The Hall–Kier alpha value is -1.62. The van der Waals surface area contributed by atoms with E-state index in [1.807, 2.05) is 38.1 Å².